The molecule has 0 aliphatic carbocycles. The summed E-state index contributed by atoms with van der Waals surface area (Å²) in [4.78, 5) is 30.8. The standard InChI is InChI=1S/C19H17N3O3/c1-12-6-3-4-9-15(12)20-18(23)17-11-16(21-19(24)22-17)13-7-5-8-14(10-13)25-2/h3-11H,1-2H3,(H,20,23)(H,21,22,24). The van der Waals surface area contributed by atoms with Crippen molar-refractivity contribution >= 4 is 11.6 Å². The summed E-state index contributed by atoms with van der Waals surface area (Å²) in [6, 6.07) is 16.1. The highest BCUT2D eigenvalue weighted by atomic mass is 16.5. The van der Waals surface area contributed by atoms with Crippen LogP contribution in [0.1, 0.15) is 16.1 Å². The fourth-order valence-electron chi connectivity index (χ4n) is 2.41. The van der Waals surface area contributed by atoms with Crippen molar-refractivity contribution in [2.24, 2.45) is 0 Å². The van der Waals surface area contributed by atoms with E-state index in [1.54, 1.807) is 43.5 Å². The quantitative estimate of drug-likeness (QED) is 0.767. The zero-order valence-electron chi connectivity index (χ0n) is 13.9. The summed E-state index contributed by atoms with van der Waals surface area (Å²) in [5.74, 6) is 0.239. The third-order valence-electron chi connectivity index (χ3n) is 3.75. The number of nitrogens with zero attached hydrogens (tertiary/aromatic N) is 1. The number of ether oxygens (including phenoxy) is 1. The Hall–Kier alpha value is -3.41. The minimum Gasteiger partial charge on any atom is -0.497 e. The maximum Gasteiger partial charge on any atom is 0.346 e. The van der Waals surface area contributed by atoms with Gasteiger partial charge in [-0.2, -0.15) is 4.98 Å². The average Bonchev–Trinajstić information content (AvgIpc) is 2.63. The SMILES string of the molecule is COc1cccc(-c2cc(C(=O)Nc3ccccc3C)[nH]c(=O)n2)c1. The van der Waals surface area contributed by atoms with Gasteiger partial charge in [0.15, 0.2) is 0 Å². The van der Waals surface area contributed by atoms with Crippen LogP contribution in [0.5, 0.6) is 5.75 Å². The molecule has 0 spiro atoms. The van der Waals surface area contributed by atoms with Crippen LogP contribution in [0.25, 0.3) is 11.3 Å². The van der Waals surface area contributed by atoms with Crippen molar-refractivity contribution in [1.29, 1.82) is 0 Å². The molecule has 126 valence electrons. The molecule has 3 rings (SSSR count). The molecule has 0 aliphatic rings. The molecule has 0 fully saturated rings. The summed E-state index contributed by atoms with van der Waals surface area (Å²) < 4.78 is 5.18. The van der Waals surface area contributed by atoms with Gasteiger partial charge in [0, 0.05) is 11.3 Å². The largest absolute Gasteiger partial charge is 0.497 e. The number of amides is 1. The van der Waals surface area contributed by atoms with Gasteiger partial charge in [0.25, 0.3) is 5.91 Å². The Labute approximate surface area is 144 Å². The monoisotopic (exact) mass is 335 g/mol. The third-order valence-corrected chi connectivity index (χ3v) is 3.75. The van der Waals surface area contributed by atoms with E-state index >= 15 is 0 Å². The second-order valence-electron chi connectivity index (χ2n) is 5.49. The van der Waals surface area contributed by atoms with E-state index in [1.807, 2.05) is 25.1 Å². The first-order chi connectivity index (χ1) is 12.1. The molecule has 0 bridgehead atoms. The molecule has 1 heterocycles. The van der Waals surface area contributed by atoms with Gasteiger partial charge in [-0.1, -0.05) is 30.3 Å². The lowest BCUT2D eigenvalue weighted by atomic mass is 10.1. The molecule has 6 nitrogen and oxygen atoms in total. The fourth-order valence-corrected chi connectivity index (χ4v) is 2.41. The second-order valence-corrected chi connectivity index (χ2v) is 5.49. The van der Waals surface area contributed by atoms with Crippen LogP contribution in [0, 0.1) is 6.92 Å². The van der Waals surface area contributed by atoms with Gasteiger partial charge in [-0.05, 0) is 36.8 Å². The summed E-state index contributed by atoms with van der Waals surface area (Å²) in [5, 5.41) is 2.79. The Morgan fingerprint density at radius 1 is 1.12 bits per heavy atom. The highest BCUT2D eigenvalue weighted by Crippen LogP contribution is 2.22. The first-order valence-corrected chi connectivity index (χ1v) is 7.69. The number of hydrogen-bond donors (Lipinski definition) is 2. The molecular weight excluding hydrogens is 318 g/mol. The van der Waals surface area contributed by atoms with Crippen molar-refractivity contribution in [3.8, 4) is 17.0 Å². The number of H-pyrrole nitrogens is 1. The second kappa shape index (κ2) is 7.00. The number of para-hydroxylation sites is 1. The highest BCUT2D eigenvalue weighted by Gasteiger charge is 2.12. The van der Waals surface area contributed by atoms with Gasteiger partial charge in [-0.25, -0.2) is 4.79 Å². The van der Waals surface area contributed by atoms with Gasteiger partial charge in [0.05, 0.1) is 12.8 Å². The number of aromatic nitrogens is 2. The number of hydrogen-bond acceptors (Lipinski definition) is 4. The maximum atomic E-state index is 12.5. The van der Waals surface area contributed by atoms with Gasteiger partial charge in [-0.3, -0.25) is 4.79 Å². The molecule has 25 heavy (non-hydrogen) atoms. The van der Waals surface area contributed by atoms with E-state index in [2.05, 4.69) is 15.3 Å². The van der Waals surface area contributed by atoms with Crippen molar-refractivity contribution in [3.05, 3.63) is 76.3 Å². The summed E-state index contributed by atoms with van der Waals surface area (Å²) in [6.45, 7) is 1.90. The Balaban J connectivity index is 1.95. The molecule has 0 aliphatic heterocycles. The molecule has 0 atom stereocenters. The van der Waals surface area contributed by atoms with Crippen LogP contribution in [-0.4, -0.2) is 23.0 Å². The van der Waals surface area contributed by atoms with E-state index in [0.29, 0.717) is 22.7 Å². The molecule has 2 N–H and O–H groups in total. The van der Waals surface area contributed by atoms with Gasteiger partial charge in [0.1, 0.15) is 11.4 Å². The number of anilines is 1. The normalized spacial score (nSPS) is 10.3. The predicted molar refractivity (Wildman–Crippen MR) is 96.0 cm³/mol. The van der Waals surface area contributed by atoms with Gasteiger partial charge >= 0.3 is 5.69 Å². The van der Waals surface area contributed by atoms with E-state index in [9.17, 15) is 9.59 Å². The lowest BCUT2D eigenvalue weighted by molar-refractivity contribution is 0.102. The molecule has 0 radical (unpaired) electrons. The van der Waals surface area contributed by atoms with Crippen molar-refractivity contribution in [2.45, 2.75) is 6.92 Å². The van der Waals surface area contributed by atoms with E-state index < -0.39 is 11.6 Å². The Morgan fingerprint density at radius 3 is 2.68 bits per heavy atom. The number of aromatic amines is 1. The van der Waals surface area contributed by atoms with Crippen molar-refractivity contribution in [1.82, 2.24) is 9.97 Å². The topological polar surface area (TPSA) is 84.1 Å². The van der Waals surface area contributed by atoms with E-state index in [1.165, 1.54) is 0 Å². The summed E-state index contributed by atoms with van der Waals surface area (Å²) in [6.07, 6.45) is 0. The van der Waals surface area contributed by atoms with E-state index in [0.717, 1.165) is 5.56 Å². The zero-order chi connectivity index (χ0) is 17.8. The van der Waals surface area contributed by atoms with E-state index in [4.69, 9.17) is 4.74 Å². The lowest BCUT2D eigenvalue weighted by Gasteiger charge is -2.09. The van der Waals surface area contributed by atoms with Gasteiger partial charge in [0.2, 0.25) is 0 Å². The average molecular weight is 335 g/mol. The molecule has 0 saturated heterocycles. The molecule has 2 aromatic carbocycles. The molecule has 0 saturated carbocycles. The zero-order valence-corrected chi connectivity index (χ0v) is 13.9. The number of rotatable bonds is 4. The van der Waals surface area contributed by atoms with Crippen LogP contribution < -0.4 is 15.7 Å². The summed E-state index contributed by atoms with van der Waals surface area (Å²) >= 11 is 0. The van der Waals surface area contributed by atoms with Crippen LogP contribution in [0.3, 0.4) is 0 Å². The summed E-state index contributed by atoms with van der Waals surface area (Å²) in [5.41, 5.74) is 2.26. The molecule has 6 heteroatoms. The lowest BCUT2D eigenvalue weighted by Crippen LogP contribution is -2.21. The van der Waals surface area contributed by atoms with Crippen LogP contribution >= 0.6 is 0 Å². The van der Waals surface area contributed by atoms with Crippen molar-refractivity contribution in [3.63, 3.8) is 0 Å². The first kappa shape index (κ1) is 16.4. The molecule has 0 unspecified atom stereocenters. The number of carbonyl (C=O) groups excluding carboxylic acids is 1. The number of carbonyl (C=O) groups is 1. The van der Waals surface area contributed by atoms with E-state index in [-0.39, 0.29) is 5.69 Å². The van der Waals surface area contributed by atoms with Crippen LogP contribution in [0.4, 0.5) is 5.69 Å². The van der Waals surface area contributed by atoms with Gasteiger partial charge in [-0.15, -0.1) is 0 Å². The maximum absolute atomic E-state index is 12.5. The predicted octanol–water partition coefficient (Wildman–Crippen LogP) is 3.01. The number of benzene rings is 2. The fraction of sp³-hybridized carbons (Fsp3) is 0.105. The minimum absolute atomic E-state index is 0.140. The highest BCUT2D eigenvalue weighted by molar-refractivity contribution is 6.03. The Morgan fingerprint density at radius 2 is 1.92 bits per heavy atom. The number of aryl methyl sites for hydroxylation is 1. The number of nitrogens with one attached hydrogen (secondary N) is 2. The summed E-state index contributed by atoms with van der Waals surface area (Å²) in [7, 11) is 1.56. The van der Waals surface area contributed by atoms with Gasteiger partial charge < -0.3 is 15.0 Å². The smallest absolute Gasteiger partial charge is 0.346 e. The minimum atomic E-state index is -0.588. The molecule has 1 aromatic heterocycles. The third kappa shape index (κ3) is 3.74. The van der Waals surface area contributed by atoms with Crippen LogP contribution in [0.2, 0.25) is 0 Å². The van der Waals surface area contributed by atoms with Crippen molar-refractivity contribution < 1.29 is 9.53 Å². The van der Waals surface area contributed by atoms with Crippen molar-refractivity contribution in [2.75, 3.05) is 12.4 Å². The first-order valence-electron chi connectivity index (χ1n) is 7.69. The van der Waals surface area contributed by atoms with Crippen LogP contribution in [-0.2, 0) is 0 Å². The number of methoxy groups -OCH3 is 1. The Bertz CT molecular complexity index is 979. The molecule has 1 amide bonds. The molecule has 3 aromatic rings. The Kier molecular flexibility index (Phi) is 4.61. The molecular formula is C19H17N3O3. The van der Waals surface area contributed by atoms with Crippen LogP contribution in [0.15, 0.2) is 59.4 Å².